The lowest BCUT2D eigenvalue weighted by molar-refractivity contribution is -0.125. The third-order valence-corrected chi connectivity index (χ3v) is 6.57. The highest BCUT2D eigenvalue weighted by molar-refractivity contribution is 7.21. The molecule has 1 saturated heterocycles. The maximum absolute atomic E-state index is 13.0. The first-order valence-electron chi connectivity index (χ1n) is 8.77. The molecule has 2 aliphatic rings. The van der Waals surface area contributed by atoms with E-state index in [1.54, 1.807) is 11.3 Å². The number of hydrogen-bond acceptors (Lipinski definition) is 5. The largest absolute Gasteiger partial charge is 0.349 e. The van der Waals surface area contributed by atoms with E-state index in [2.05, 4.69) is 22.4 Å². The van der Waals surface area contributed by atoms with Gasteiger partial charge in [0.2, 0.25) is 5.96 Å². The highest BCUT2D eigenvalue weighted by Gasteiger charge is 2.47. The van der Waals surface area contributed by atoms with Crippen LogP contribution < -0.4 is 5.32 Å². The van der Waals surface area contributed by atoms with Gasteiger partial charge in [-0.15, -0.1) is 11.3 Å². The Balaban J connectivity index is 1.54. The number of carbonyl (C=O) groups excluding carboxylic acids is 2. The van der Waals surface area contributed by atoms with Gasteiger partial charge < -0.3 is 9.80 Å². The van der Waals surface area contributed by atoms with E-state index in [0.29, 0.717) is 31.9 Å². The molecule has 6 nitrogen and oxygen atoms in total. The lowest BCUT2D eigenvalue weighted by Gasteiger charge is -2.35. The zero-order valence-electron chi connectivity index (χ0n) is 15.2. The zero-order valence-corrected chi connectivity index (χ0v) is 16.0. The number of carbonyl (C=O) groups is 2. The van der Waals surface area contributed by atoms with Crippen LogP contribution in [0.2, 0.25) is 0 Å². The average molecular weight is 370 g/mol. The maximum Gasteiger partial charge on any atom is 0.264 e. The number of amides is 2. The van der Waals surface area contributed by atoms with Gasteiger partial charge in [0.25, 0.3) is 11.8 Å². The second kappa shape index (κ2) is 6.09. The van der Waals surface area contributed by atoms with Crippen molar-refractivity contribution in [1.29, 1.82) is 0 Å². The van der Waals surface area contributed by atoms with E-state index in [-0.39, 0.29) is 11.8 Å². The second-order valence-electron chi connectivity index (χ2n) is 7.16. The van der Waals surface area contributed by atoms with Crippen LogP contribution in [0.4, 0.5) is 0 Å². The van der Waals surface area contributed by atoms with Crippen LogP contribution in [0.5, 0.6) is 0 Å². The van der Waals surface area contributed by atoms with Gasteiger partial charge in [-0.25, -0.2) is 4.99 Å². The highest BCUT2D eigenvalue weighted by atomic mass is 32.1. The van der Waals surface area contributed by atoms with E-state index in [0.717, 1.165) is 20.5 Å². The van der Waals surface area contributed by atoms with E-state index in [1.807, 2.05) is 43.0 Å². The van der Waals surface area contributed by atoms with Crippen LogP contribution in [0.15, 0.2) is 29.3 Å². The molecule has 2 aromatic rings. The van der Waals surface area contributed by atoms with Gasteiger partial charge in [-0.1, -0.05) is 18.2 Å². The minimum Gasteiger partial charge on any atom is -0.349 e. The summed E-state index contributed by atoms with van der Waals surface area (Å²) in [5.41, 5.74) is 0.327. The first-order valence-corrected chi connectivity index (χ1v) is 9.59. The van der Waals surface area contributed by atoms with Crippen molar-refractivity contribution in [3.63, 3.8) is 0 Å². The summed E-state index contributed by atoms with van der Waals surface area (Å²) < 4.78 is 1.14. The predicted molar refractivity (Wildman–Crippen MR) is 104 cm³/mol. The number of nitrogens with one attached hydrogen (secondary N) is 1. The van der Waals surface area contributed by atoms with Crippen LogP contribution in [0.1, 0.15) is 28.1 Å². The molecule has 136 valence electrons. The predicted octanol–water partition coefficient (Wildman–Crippen LogP) is 2.23. The standard InChI is InChI=1S/C19H22N4O2S/c1-12-13-6-4-5-7-14(13)26-15(12)16(24)23-10-8-19(9-11-23)17(25)20-18(21-19)22(2)3/h4-7H,8-11H2,1-3H3,(H,20,21,25). The molecule has 2 amide bonds. The van der Waals surface area contributed by atoms with E-state index in [9.17, 15) is 9.59 Å². The average Bonchev–Trinajstić information content (AvgIpc) is 3.14. The molecule has 0 radical (unpaired) electrons. The van der Waals surface area contributed by atoms with Crippen LogP contribution in [-0.4, -0.2) is 60.3 Å². The van der Waals surface area contributed by atoms with Gasteiger partial charge >= 0.3 is 0 Å². The van der Waals surface area contributed by atoms with E-state index >= 15 is 0 Å². The van der Waals surface area contributed by atoms with Crippen molar-refractivity contribution in [2.75, 3.05) is 27.2 Å². The third kappa shape index (κ3) is 2.58. The van der Waals surface area contributed by atoms with Crippen molar-refractivity contribution in [3.8, 4) is 0 Å². The van der Waals surface area contributed by atoms with Crippen LogP contribution in [0, 0.1) is 6.92 Å². The quantitative estimate of drug-likeness (QED) is 0.837. The third-order valence-electron chi connectivity index (χ3n) is 5.31. The Morgan fingerprint density at radius 1 is 1.27 bits per heavy atom. The molecule has 2 aliphatic heterocycles. The summed E-state index contributed by atoms with van der Waals surface area (Å²) in [5, 5.41) is 4.00. The summed E-state index contributed by atoms with van der Waals surface area (Å²) in [7, 11) is 3.72. The van der Waals surface area contributed by atoms with Crippen molar-refractivity contribution in [3.05, 3.63) is 34.7 Å². The lowest BCUT2D eigenvalue weighted by Crippen LogP contribution is -2.50. The molecule has 7 heteroatoms. The fourth-order valence-electron chi connectivity index (χ4n) is 3.65. The highest BCUT2D eigenvalue weighted by Crippen LogP contribution is 2.34. The number of guanidine groups is 1. The van der Waals surface area contributed by atoms with Crippen LogP contribution in [0.3, 0.4) is 0 Å². The fourth-order valence-corrected chi connectivity index (χ4v) is 4.83. The van der Waals surface area contributed by atoms with Gasteiger partial charge in [-0.05, 0) is 36.8 Å². The summed E-state index contributed by atoms with van der Waals surface area (Å²) in [6, 6.07) is 8.11. The van der Waals surface area contributed by atoms with Crippen LogP contribution in [0.25, 0.3) is 10.1 Å². The number of rotatable bonds is 1. The second-order valence-corrected chi connectivity index (χ2v) is 8.21. The normalized spacial score (nSPS) is 19.0. The Morgan fingerprint density at radius 2 is 1.96 bits per heavy atom. The summed E-state index contributed by atoms with van der Waals surface area (Å²) in [5.74, 6) is 0.621. The summed E-state index contributed by atoms with van der Waals surface area (Å²) >= 11 is 1.55. The molecular formula is C19H22N4O2S. The molecule has 1 N–H and O–H groups in total. The molecule has 0 bridgehead atoms. The van der Waals surface area contributed by atoms with Crippen molar-refractivity contribution in [1.82, 2.24) is 15.1 Å². The summed E-state index contributed by atoms with van der Waals surface area (Å²) in [4.78, 5) is 34.6. The minimum absolute atomic E-state index is 0.0497. The van der Waals surface area contributed by atoms with Crippen LogP contribution in [-0.2, 0) is 4.79 Å². The zero-order chi connectivity index (χ0) is 18.5. The molecule has 0 aliphatic carbocycles. The Morgan fingerprint density at radius 3 is 2.58 bits per heavy atom. The number of thiophene rings is 1. The van der Waals surface area contributed by atoms with Gasteiger partial charge in [-0.2, -0.15) is 0 Å². The van der Waals surface area contributed by atoms with Gasteiger partial charge in [0.15, 0.2) is 0 Å². The Kier molecular flexibility index (Phi) is 3.99. The van der Waals surface area contributed by atoms with Gasteiger partial charge in [0.1, 0.15) is 5.54 Å². The summed E-state index contributed by atoms with van der Waals surface area (Å²) in [6.45, 7) is 3.10. The Labute approximate surface area is 156 Å². The molecule has 1 aromatic heterocycles. The molecule has 1 aromatic carbocycles. The van der Waals surface area contributed by atoms with Crippen molar-refractivity contribution >= 4 is 39.2 Å². The number of aryl methyl sites for hydroxylation is 1. The Hall–Kier alpha value is -2.41. The topological polar surface area (TPSA) is 65.0 Å². The van der Waals surface area contributed by atoms with Gasteiger partial charge in [0.05, 0.1) is 4.88 Å². The van der Waals surface area contributed by atoms with E-state index in [4.69, 9.17) is 0 Å². The number of likely N-dealkylation sites (tertiary alicyclic amines) is 1. The van der Waals surface area contributed by atoms with Crippen LogP contribution >= 0.6 is 11.3 Å². The SMILES string of the molecule is Cc1c(C(=O)N2CCC3(CC2)N=C(N(C)C)NC3=O)sc2ccccc12. The molecule has 0 saturated carbocycles. The lowest BCUT2D eigenvalue weighted by atomic mass is 9.88. The van der Waals surface area contributed by atoms with Gasteiger partial charge in [0, 0.05) is 31.9 Å². The number of aliphatic imine (C=N–C) groups is 1. The molecule has 0 unspecified atom stereocenters. The van der Waals surface area contributed by atoms with E-state index in [1.165, 1.54) is 0 Å². The van der Waals surface area contributed by atoms with Gasteiger partial charge in [-0.3, -0.25) is 14.9 Å². The molecule has 1 fully saturated rings. The number of fused-ring (bicyclic) bond motifs is 1. The van der Waals surface area contributed by atoms with Crippen molar-refractivity contribution in [2.24, 2.45) is 4.99 Å². The first-order chi connectivity index (χ1) is 12.4. The number of piperidine rings is 1. The minimum atomic E-state index is -0.717. The Bertz CT molecular complexity index is 923. The molecule has 26 heavy (non-hydrogen) atoms. The smallest absolute Gasteiger partial charge is 0.264 e. The number of nitrogens with zero attached hydrogens (tertiary/aromatic N) is 3. The first kappa shape index (κ1) is 17.0. The van der Waals surface area contributed by atoms with Crippen molar-refractivity contribution in [2.45, 2.75) is 25.3 Å². The molecule has 3 heterocycles. The molecule has 4 rings (SSSR count). The monoisotopic (exact) mass is 370 g/mol. The number of hydrogen-bond donors (Lipinski definition) is 1. The van der Waals surface area contributed by atoms with Crippen molar-refractivity contribution < 1.29 is 9.59 Å². The number of benzene rings is 1. The molecule has 0 atom stereocenters. The maximum atomic E-state index is 13.0. The fraction of sp³-hybridized carbons (Fsp3) is 0.421. The molecular weight excluding hydrogens is 348 g/mol. The summed E-state index contributed by atoms with van der Waals surface area (Å²) in [6.07, 6.45) is 1.12. The van der Waals surface area contributed by atoms with E-state index < -0.39 is 5.54 Å². The molecule has 1 spiro atoms.